The number of nitrogens with zero attached hydrogens (tertiary/aromatic N) is 2. The van der Waals surface area contributed by atoms with Crippen molar-refractivity contribution < 1.29 is 9.84 Å². The van der Waals surface area contributed by atoms with E-state index in [-0.39, 0.29) is 5.41 Å². The van der Waals surface area contributed by atoms with E-state index in [9.17, 15) is 5.11 Å². The van der Waals surface area contributed by atoms with Crippen LogP contribution in [0.4, 0.5) is 0 Å². The van der Waals surface area contributed by atoms with Crippen molar-refractivity contribution in [1.82, 2.24) is 9.55 Å². The average molecular weight is 431 g/mol. The minimum Gasteiger partial charge on any atom is -0.388 e. The number of aromatic nitrogens is 2. The summed E-state index contributed by atoms with van der Waals surface area (Å²) in [7, 11) is 3.89. The van der Waals surface area contributed by atoms with Crippen molar-refractivity contribution in [3.05, 3.63) is 24.0 Å². The largest absolute Gasteiger partial charge is 0.388 e. The van der Waals surface area contributed by atoms with Crippen LogP contribution in [0.1, 0.15) is 65.2 Å². The number of rotatable bonds is 4. The second kappa shape index (κ2) is 7.38. The van der Waals surface area contributed by atoms with Crippen molar-refractivity contribution in [3.63, 3.8) is 0 Å². The summed E-state index contributed by atoms with van der Waals surface area (Å²) in [6, 6.07) is 0. The van der Waals surface area contributed by atoms with Gasteiger partial charge in [-0.25, -0.2) is 4.98 Å². The van der Waals surface area contributed by atoms with E-state index in [1.165, 1.54) is 32.1 Å². The lowest BCUT2D eigenvalue weighted by Crippen LogP contribution is -2.55. The van der Waals surface area contributed by atoms with Crippen molar-refractivity contribution >= 4 is 11.8 Å². The Kier molecular flexibility index (Phi) is 5.19. The predicted octanol–water partition coefficient (Wildman–Crippen LogP) is 5.22. The monoisotopic (exact) mass is 430 g/mol. The zero-order valence-electron chi connectivity index (χ0n) is 19.1. The lowest BCUT2D eigenvalue weighted by molar-refractivity contribution is -0.116. The third-order valence-corrected chi connectivity index (χ3v) is 11.2. The molecule has 7 atom stereocenters. The average Bonchev–Trinajstić information content (AvgIpc) is 3.26. The number of hydrogen-bond acceptors (Lipinski definition) is 4. The van der Waals surface area contributed by atoms with Crippen molar-refractivity contribution in [2.75, 3.05) is 12.9 Å². The third-order valence-electron chi connectivity index (χ3n) is 9.91. The van der Waals surface area contributed by atoms with Gasteiger partial charge in [-0.05, 0) is 74.5 Å². The normalized spacial score (nSPS) is 45.4. The SMILES string of the molecule is COC1C=C2CCC3C(CC[C@@]4(C)C3CC[C@@]4(O)CSc3nccn3C)[C@@]2(C)CC1. The van der Waals surface area contributed by atoms with E-state index in [0.29, 0.717) is 17.4 Å². The molecule has 4 nitrogen and oxygen atoms in total. The summed E-state index contributed by atoms with van der Waals surface area (Å²) in [5, 5.41) is 12.9. The summed E-state index contributed by atoms with van der Waals surface area (Å²) in [5.41, 5.74) is 1.48. The highest BCUT2D eigenvalue weighted by Gasteiger charge is 2.63. The molecule has 1 N–H and O–H groups in total. The Balaban J connectivity index is 1.37. The van der Waals surface area contributed by atoms with Gasteiger partial charge in [-0.15, -0.1) is 0 Å². The molecule has 4 aliphatic carbocycles. The summed E-state index contributed by atoms with van der Waals surface area (Å²) in [5.74, 6) is 2.96. The van der Waals surface area contributed by atoms with Gasteiger partial charge in [0.25, 0.3) is 0 Å². The van der Waals surface area contributed by atoms with Gasteiger partial charge in [0.15, 0.2) is 5.16 Å². The van der Waals surface area contributed by atoms with Crippen LogP contribution in [0.3, 0.4) is 0 Å². The molecule has 0 bridgehead atoms. The minimum atomic E-state index is -0.579. The molecule has 3 saturated carbocycles. The molecule has 1 aromatic rings. The van der Waals surface area contributed by atoms with Crippen LogP contribution in [0.25, 0.3) is 0 Å². The highest BCUT2D eigenvalue weighted by Crippen LogP contribution is 2.68. The molecule has 4 aliphatic rings. The van der Waals surface area contributed by atoms with Gasteiger partial charge in [0.2, 0.25) is 0 Å². The highest BCUT2D eigenvalue weighted by molar-refractivity contribution is 7.99. The summed E-state index contributed by atoms with van der Waals surface area (Å²) in [6.07, 6.45) is 16.1. The lowest BCUT2D eigenvalue weighted by Gasteiger charge is -2.59. The Bertz CT molecular complexity index is 837. The molecule has 4 unspecified atom stereocenters. The van der Waals surface area contributed by atoms with Crippen LogP contribution in [0.15, 0.2) is 29.2 Å². The zero-order chi connectivity index (χ0) is 21.1. The number of allylic oxidation sites excluding steroid dienone is 1. The third kappa shape index (κ3) is 2.98. The van der Waals surface area contributed by atoms with Crippen LogP contribution in [-0.2, 0) is 11.8 Å². The fourth-order valence-electron chi connectivity index (χ4n) is 7.90. The molecule has 1 heterocycles. The van der Waals surface area contributed by atoms with E-state index >= 15 is 0 Å². The number of imidazole rings is 1. The predicted molar refractivity (Wildman–Crippen MR) is 121 cm³/mol. The number of methoxy groups -OCH3 is 1. The molecule has 0 saturated heterocycles. The van der Waals surface area contributed by atoms with Crippen molar-refractivity contribution in [3.8, 4) is 0 Å². The Labute approximate surface area is 185 Å². The molecule has 30 heavy (non-hydrogen) atoms. The maximum atomic E-state index is 11.9. The fourth-order valence-corrected chi connectivity index (χ4v) is 9.15. The maximum Gasteiger partial charge on any atom is 0.167 e. The second-order valence-electron chi connectivity index (χ2n) is 11.0. The van der Waals surface area contributed by atoms with Crippen LogP contribution in [-0.4, -0.2) is 39.2 Å². The van der Waals surface area contributed by atoms with Gasteiger partial charge in [-0.1, -0.05) is 37.3 Å². The first-order valence-electron chi connectivity index (χ1n) is 11.9. The van der Waals surface area contributed by atoms with Crippen molar-refractivity contribution in [2.24, 2.45) is 35.6 Å². The molecule has 0 amide bonds. The van der Waals surface area contributed by atoms with Crippen LogP contribution in [0, 0.1) is 28.6 Å². The first-order valence-corrected chi connectivity index (χ1v) is 12.9. The summed E-state index contributed by atoms with van der Waals surface area (Å²) in [6.45, 7) is 4.96. The standard InChI is InChI=1S/C25H38N2O2S/c1-23-10-7-18(29-4)15-17(23)5-6-19-20(23)8-11-24(2)21(19)9-12-25(24,28)16-30-22-26-13-14-27(22)3/h13-15,18-21,28H,5-12,16H2,1-4H3/t18?,19?,20?,21?,23-,24-,25+/m0/s1. The molecule has 5 rings (SSSR count). The number of fused-ring (bicyclic) bond motifs is 5. The van der Waals surface area contributed by atoms with Gasteiger partial charge < -0.3 is 14.4 Å². The van der Waals surface area contributed by atoms with Gasteiger partial charge in [0.05, 0.1) is 11.7 Å². The molecule has 0 aromatic carbocycles. The molecule has 0 radical (unpaired) electrons. The summed E-state index contributed by atoms with van der Waals surface area (Å²) < 4.78 is 7.74. The van der Waals surface area contributed by atoms with E-state index < -0.39 is 5.60 Å². The summed E-state index contributed by atoms with van der Waals surface area (Å²) in [4.78, 5) is 4.47. The Hall–Kier alpha value is -0.780. The summed E-state index contributed by atoms with van der Waals surface area (Å²) >= 11 is 1.73. The minimum absolute atomic E-state index is 0.0354. The van der Waals surface area contributed by atoms with Crippen LogP contribution in [0.5, 0.6) is 0 Å². The first-order chi connectivity index (χ1) is 14.3. The lowest BCUT2D eigenvalue weighted by atomic mass is 9.46. The molecule has 1 aromatic heterocycles. The van der Waals surface area contributed by atoms with Gasteiger partial charge in [-0.2, -0.15) is 0 Å². The molecular formula is C25H38N2O2S. The van der Waals surface area contributed by atoms with Crippen LogP contribution in [0.2, 0.25) is 0 Å². The van der Waals surface area contributed by atoms with E-state index in [2.05, 4.69) is 29.5 Å². The Morgan fingerprint density at radius 1 is 1.17 bits per heavy atom. The number of hydrogen-bond donors (Lipinski definition) is 1. The van der Waals surface area contributed by atoms with Gasteiger partial charge in [-0.3, -0.25) is 0 Å². The maximum absolute atomic E-state index is 11.9. The van der Waals surface area contributed by atoms with E-state index in [1.54, 1.807) is 17.3 Å². The molecular weight excluding hydrogens is 392 g/mol. The molecule has 0 aliphatic heterocycles. The van der Waals surface area contributed by atoms with Crippen LogP contribution >= 0.6 is 11.8 Å². The van der Waals surface area contributed by atoms with Gasteiger partial charge in [0, 0.05) is 37.7 Å². The zero-order valence-corrected chi connectivity index (χ0v) is 19.9. The molecule has 3 fully saturated rings. The number of thioether (sulfide) groups is 1. The fraction of sp³-hybridized carbons (Fsp3) is 0.800. The molecule has 0 spiro atoms. The Morgan fingerprint density at radius 3 is 2.70 bits per heavy atom. The van der Waals surface area contributed by atoms with Gasteiger partial charge >= 0.3 is 0 Å². The quantitative estimate of drug-likeness (QED) is 0.525. The number of aliphatic hydroxyl groups is 1. The molecule has 166 valence electrons. The number of aryl methyl sites for hydroxylation is 1. The van der Waals surface area contributed by atoms with E-state index in [4.69, 9.17) is 4.74 Å². The van der Waals surface area contributed by atoms with Crippen LogP contribution < -0.4 is 0 Å². The Morgan fingerprint density at radius 2 is 1.97 bits per heavy atom. The van der Waals surface area contributed by atoms with Gasteiger partial charge in [0.1, 0.15) is 0 Å². The van der Waals surface area contributed by atoms with Crippen molar-refractivity contribution in [1.29, 1.82) is 0 Å². The number of ether oxygens (including phenoxy) is 1. The smallest absolute Gasteiger partial charge is 0.167 e. The second-order valence-corrected chi connectivity index (χ2v) is 11.9. The van der Waals surface area contributed by atoms with Crippen molar-refractivity contribution in [2.45, 2.75) is 82.1 Å². The highest BCUT2D eigenvalue weighted by atomic mass is 32.2. The van der Waals surface area contributed by atoms with E-state index in [0.717, 1.165) is 42.0 Å². The topological polar surface area (TPSA) is 47.3 Å². The molecule has 5 heteroatoms. The first kappa shape index (κ1) is 21.1. The van der Waals surface area contributed by atoms with E-state index in [1.807, 2.05) is 26.6 Å².